The monoisotopic (exact) mass is 392 g/mol. The fourth-order valence-corrected chi connectivity index (χ4v) is 4.36. The van der Waals surface area contributed by atoms with Crippen LogP contribution in [-0.2, 0) is 29.0 Å². The van der Waals surface area contributed by atoms with Crippen LogP contribution in [0.15, 0.2) is 30.5 Å². The lowest BCUT2D eigenvalue weighted by Crippen LogP contribution is -2.40. The van der Waals surface area contributed by atoms with Crippen LogP contribution >= 0.6 is 0 Å². The second kappa shape index (κ2) is 8.31. The molecule has 1 fully saturated rings. The van der Waals surface area contributed by atoms with Gasteiger partial charge < -0.3 is 9.80 Å². The van der Waals surface area contributed by atoms with E-state index in [9.17, 15) is 9.59 Å². The van der Waals surface area contributed by atoms with Gasteiger partial charge in [0.25, 0.3) is 0 Å². The van der Waals surface area contributed by atoms with Crippen molar-refractivity contribution in [3.05, 3.63) is 58.7 Å². The smallest absolute Gasteiger partial charge is 0.227 e. The number of carbonyl (C=O) groups excluding carboxylic acids is 2. The van der Waals surface area contributed by atoms with Gasteiger partial charge in [0.2, 0.25) is 11.8 Å². The van der Waals surface area contributed by atoms with Crippen LogP contribution in [0.25, 0.3) is 0 Å². The third-order valence-electron chi connectivity index (χ3n) is 5.96. The number of hydrogen-bond donors (Lipinski definition) is 0. The van der Waals surface area contributed by atoms with Crippen LogP contribution in [0.2, 0.25) is 0 Å². The van der Waals surface area contributed by atoms with E-state index in [0.717, 1.165) is 54.9 Å². The number of aromatic nitrogens is 2. The van der Waals surface area contributed by atoms with Crippen molar-refractivity contribution in [1.29, 1.82) is 0 Å². The average molecular weight is 393 g/mol. The Morgan fingerprint density at radius 1 is 1.21 bits per heavy atom. The maximum atomic E-state index is 13.1. The number of benzene rings is 1. The Labute approximate surface area is 172 Å². The first-order valence-electron chi connectivity index (χ1n) is 10.5. The van der Waals surface area contributed by atoms with Crippen LogP contribution in [-0.4, -0.2) is 44.7 Å². The van der Waals surface area contributed by atoms with Crippen molar-refractivity contribution in [3.8, 4) is 0 Å². The number of carbonyl (C=O) groups is 2. The highest BCUT2D eigenvalue weighted by molar-refractivity contribution is 5.79. The van der Waals surface area contributed by atoms with Crippen molar-refractivity contribution in [3.63, 3.8) is 0 Å². The van der Waals surface area contributed by atoms with Gasteiger partial charge in [0.15, 0.2) is 5.82 Å². The Balaban J connectivity index is 1.53. The van der Waals surface area contributed by atoms with Gasteiger partial charge in [-0.25, -0.2) is 9.97 Å². The van der Waals surface area contributed by atoms with Gasteiger partial charge in [0.05, 0.1) is 18.2 Å². The lowest BCUT2D eigenvalue weighted by molar-refractivity contribution is -0.134. The Morgan fingerprint density at radius 2 is 2.07 bits per heavy atom. The fraction of sp³-hybridized carbons (Fsp3) is 0.478. The van der Waals surface area contributed by atoms with Crippen molar-refractivity contribution in [2.24, 2.45) is 0 Å². The van der Waals surface area contributed by atoms with Crippen molar-refractivity contribution in [2.75, 3.05) is 13.1 Å². The minimum absolute atomic E-state index is 0.0582. The largest absolute Gasteiger partial charge is 0.338 e. The minimum atomic E-state index is -0.0582. The van der Waals surface area contributed by atoms with Crippen molar-refractivity contribution < 1.29 is 9.59 Å². The maximum Gasteiger partial charge on any atom is 0.227 e. The van der Waals surface area contributed by atoms with Crippen molar-refractivity contribution >= 4 is 11.8 Å². The topological polar surface area (TPSA) is 66.4 Å². The molecule has 1 aromatic carbocycles. The maximum absolute atomic E-state index is 13.1. The number of aryl methyl sites for hydroxylation is 1. The number of rotatable bonds is 3. The molecule has 0 unspecified atom stereocenters. The van der Waals surface area contributed by atoms with Crippen molar-refractivity contribution in [2.45, 2.75) is 58.5 Å². The zero-order chi connectivity index (χ0) is 20.4. The summed E-state index contributed by atoms with van der Waals surface area (Å²) in [4.78, 5) is 38.0. The van der Waals surface area contributed by atoms with E-state index in [1.54, 1.807) is 6.92 Å². The highest BCUT2D eigenvalue weighted by Gasteiger charge is 2.31. The first-order chi connectivity index (χ1) is 14.0. The second-order valence-corrected chi connectivity index (χ2v) is 8.16. The third kappa shape index (κ3) is 4.31. The van der Waals surface area contributed by atoms with Gasteiger partial charge in [-0.05, 0) is 31.7 Å². The highest BCUT2D eigenvalue weighted by Crippen LogP contribution is 2.30. The molecule has 6 heteroatoms. The van der Waals surface area contributed by atoms with Gasteiger partial charge in [-0.15, -0.1) is 0 Å². The Bertz CT molecular complexity index is 927. The predicted molar refractivity (Wildman–Crippen MR) is 110 cm³/mol. The molecular weight excluding hydrogens is 364 g/mol. The molecule has 6 nitrogen and oxygen atoms in total. The van der Waals surface area contributed by atoms with E-state index < -0.39 is 0 Å². The molecule has 3 heterocycles. The van der Waals surface area contributed by atoms with E-state index in [1.165, 1.54) is 5.56 Å². The zero-order valence-electron chi connectivity index (χ0n) is 17.2. The molecule has 0 spiro atoms. The molecule has 1 aromatic heterocycles. The van der Waals surface area contributed by atoms with Crippen LogP contribution in [0.4, 0.5) is 0 Å². The van der Waals surface area contributed by atoms with E-state index in [1.807, 2.05) is 41.1 Å². The van der Waals surface area contributed by atoms with Gasteiger partial charge in [-0.2, -0.15) is 0 Å². The molecule has 1 saturated heterocycles. The van der Waals surface area contributed by atoms with Crippen molar-refractivity contribution in [1.82, 2.24) is 19.8 Å². The molecule has 2 aliphatic rings. The Kier molecular flexibility index (Phi) is 5.60. The molecule has 0 radical (unpaired) electrons. The summed E-state index contributed by atoms with van der Waals surface area (Å²) >= 11 is 0. The summed E-state index contributed by atoms with van der Waals surface area (Å²) in [5.74, 6) is 0.974. The van der Waals surface area contributed by atoms with Crippen LogP contribution < -0.4 is 0 Å². The van der Waals surface area contributed by atoms with E-state index in [-0.39, 0.29) is 17.9 Å². The molecule has 0 saturated carbocycles. The van der Waals surface area contributed by atoms with Gasteiger partial charge in [0, 0.05) is 44.7 Å². The molecular formula is C23H28N4O2. The Morgan fingerprint density at radius 3 is 2.86 bits per heavy atom. The van der Waals surface area contributed by atoms with Gasteiger partial charge >= 0.3 is 0 Å². The molecule has 2 amide bonds. The fourth-order valence-electron chi connectivity index (χ4n) is 4.36. The zero-order valence-corrected chi connectivity index (χ0v) is 17.2. The quantitative estimate of drug-likeness (QED) is 0.805. The molecule has 152 valence electrons. The first-order valence-corrected chi connectivity index (χ1v) is 10.5. The first kappa shape index (κ1) is 19.6. The van der Waals surface area contributed by atoms with E-state index in [2.05, 4.69) is 11.1 Å². The molecule has 2 aromatic rings. The molecule has 0 aliphatic carbocycles. The van der Waals surface area contributed by atoms with Gasteiger partial charge in [-0.1, -0.05) is 29.8 Å². The summed E-state index contributed by atoms with van der Waals surface area (Å²) in [6.45, 7) is 5.67. The van der Waals surface area contributed by atoms with E-state index >= 15 is 0 Å². The number of amides is 2. The normalized spacial score (nSPS) is 19.0. The Hall–Kier alpha value is -2.76. The summed E-state index contributed by atoms with van der Waals surface area (Å²) in [6.07, 6.45) is 6.01. The van der Waals surface area contributed by atoms with Crippen LogP contribution in [0, 0.1) is 6.92 Å². The van der Waals surface area contributed by atoms with E-state index in [0.29, 0.717) is 19.5 Å². The SMILES string of the molecule is CC(=O)N1CCc2nc([C@H]3CCCCN3C(=O)Cc3cccc(C)c3)ncc2C1. The standard InChI is InChI=1S/C23H28N4O2/c1-16-6-5-7-18(12-16)13-22(29)27-10-4-3-8-21(27)23-24-14-19-15-26(17(2)28)11-9-20(19)25-23/h5-7,12,14,21H,3-4,8-11,13,15H2,1-2H3/t21-/m1/s1. The minimum Gasteiger partial charge on any atom is -0.338 e. The molecule has 0 N–H and O–H groups in total. The average Bonchev–Trinajstić information content (AvgIpc) is 2.73. The summed E-state index contributed by atoms with van der Waals surface area (Å²) in [5.41, 5.74) is 4.26. The summed E-state index contributed by atoms with van der Waals surface area (Å²) in [5, 5.41) is 0. The second-order valence-electron chi connectivity index (χ2n) is 8.16. The highest BCUT2D eigenvalue weighted by atomic mass is 16.2. The molecule has 1 atom stereocenters. The summed E-state index contributed by atoms with van der Waals surface area (Å²) < 4.78 is 0. The number of nitrogens with zero attached hydrogens (tertiary/aromatic N) is 4. The summed E-state index contributed by atoms with van der Waals surface area (Å²) in [7, 11) is 0. The van der Waals surface area contributed by atoms with Gasteiger partial charge in [0.1, 0.15) is 0 Å². The third-order valence-corrected chi connectivity index (χ3v) is 5.96. The molecule has 29 heavy (non-hydrogen) atoms. The summed E-state index contributed by atoms with van der Waals surface area (Å²) in [6, 6.07) is 8.08. The van der Waals surface area contributed by atoms with Crippen LogP contribution in [0.3, 0.4) is 0 Å². The number of hydrogen-bond acceptors (Lipinski definition) is 4. The van der Waals surface area contributed by atoms with Gasteiger partial charge in [-0.3, -0.25) is 9.59 Å². The number of piperidine rings is 1. The van der Waals surface area contributed by atoms with Crippen LogP contribution in [0.1, 0.15) is 60.4 Å². The molecule has 4 rings (SSSR count). The number of fused-ring (bicyclic) bond motifs is 1. The number of likely N-dealkylation sites (tertiary alicyclic amines) is 1. The van der Waals surface area contributed by atoms with Crippen LogP contribution in [0.5, 0.6) is 0 Å². The lowest BCUT2D eigenvalue weighted by Gasteiger charge is -2.35. The molecule has 0 bridgehead atoms. The lowest BCUT2D eigenvalue weighted by atomic mass is 9.99. The molecule has 2 aliphatic heterocycles. The predicted octanol–water partition coefficient (Wildman–Crippen LogP) is 2.99. The van der Waals surface area contributed by atoms with E-state index in [4.69, 9.17) is 4.98 Å².